The molecule has 8 heteroatoms. The third kappa shape index (κ3) is 1630. The van der Waals surface area contributed by atoms with Gasteiger partial charge in [-0.2, -0.15) is 0 Å². The quantitative estimate of drug-likeness (QED) is 0.605. The SMILES string of the molecule is F.F.F.F.[O]=[U](=[O])[OH]. The molecule has 0 aliphatic rings. The molecule has 0 atom stereocenters. The number of hydrogen-bond acceptors (Lipinski definition) is 2. The maximum absolute atomic E-state index is 8.75. The molecule has 0 rings (SSSR count). The summed E-state index contributed by atoms with van der Waals surface area (Å²) >= 11 is -4.23. The summed E-state index contributed by atoms with van der Waals surface area (Å²) in [4.78, 5) is 0. The molecule has 0 radical (unpaired) electrons. The fourth-order valence-electron chi connectivity index (χ4n) is 0. The maximum atomic E-state index is 8.75. The van der Waals surface area contributed by atoms with E-state index in [-0.39, 0.29) is 18.8 Å². The molecular weight excluding hydrogens is 362 g/mol. The van der Waals surface area contributed by atoms with Gasteiger partial charge in [0.05, 0.1) is 0 Å². The van der Waals surface area contributed by atoms with Gasteiger partial charge < -0.3 is 0 Å². The molecule has 0 aromatic heterocycles. The minimum absolute atomic E-state index is 0. The molecule has 0 spiro atoms. The Bertz CT molecular complexity index is 59.7. The predicted molar refractivity (Wildman–Crippen MR) is 13.6 cm³/mol. The molecule has 0 aliphatic heterocycles. The number of rotatable bonds is 0. The van der Waals surface area contributed by atoms with Crippen LogP contribution >= 0.6 is 0 Å². The van der Waals surface area contributed by atoms with Crippen LogP contribution in [-0.4, -0.2) is 2.61 Å². The van der Waals surface area contributed by atoms with Gasteiger partial charge in [0.1, 0.15) is 0 Å². The molecule has 0 heterocycles. The summed E-state index contributed by atoms with van der Waals surface area (Å²) in [6.07, 6.45) is 0. The molecule has 55 valence electrons. The second-order valence-corrected chi connectivity index (χ2v) is 2.48. The van der Waals surface area contributed by atoms with Crippen molar-refractivity contribution in [3.05, 3.63) is 0 Å². The van der Waals surface area contributed by atoms with Gasteiger partial charge in [-0.05, 0) is 0 Å². The van der Waals surface area contributed by atoms with Gasteiger partial charge in [-0.3, -0.25) is 18.8 Å². The van der Waals surface area contributed by atoms with Gasteiger partial charge >= 0.3 is 33.7 Å². The molecule has 1 N–H and O–H groups in total. The molecule has 3 nitrogen and oxygen atoms in total. The van der Waals surface area contributed by atoms with E-state index >= 15 is 0 Å². The summed E-state index contributed by atoms with van der Waals surface area (Å²) in [5, 5.41) is 0. The van der Waals surface area contributed by atoms with E-state index in [4.69, 9.17) is 7.08 Å². The monoisotopic (exact) mass is 367 g/mol. The zero-order chi connectivity index (χ0) is 3.58. The van der Waals surface area contributed by atoms with Crippen LogP contribution < -0.4 is 0 Å². The predicted octanol–water partition coefficient (Wildman–Crippen LogP) is -0.185. The Morgan fingerprint density at radius 1 is 0.875 bits per heavy atom. The van der Waals surface area contributed by atoms with Crippen molar-refractivity contribution in [3.63, 3.8) is 0 Å². The van der Waals surface area contributed by atoms with Crippen LogP contribution in [0, 0.1) is 26.6 Å². The summed E-state index contributed by atoms with van der Waals surface area (Å²) in [5.41, 5.74) is 0. The molecule has 0 bridgehead atoms. The van der Waals surface area contributed by atoms with Crippen LogP contribution in [-0.2, 0) is 4.47 Å². The van der Waals surface area contributed by atoms with Gasteiger partial charge in [0.25, 0.3) is 0 Å². The normalized spacial score (nSPS) is 3.12. The van der Waals surface area contributed by atoms with Crippen molar-refractivity contribution in [2.75, 3.05) is 0 Å². The molecule has 0 aromatic rings. The Kier molecular flexibility index (Phi) is 134. The van der Waals surface area contributed by atoms with Gasteiger partial charge in [0.2, 0.25) is 0 Å². The molecule has 0 aliphatic carbocycles. The third-order valence-electron chi connectivity index (χ3n) is 0. The van der Waals surface area contributed by atoms with E-state index in [0.29, 0.717) is 0 Å². The van der Waals surface area contributed by atoms with Crippen molar-refractivity contribution in [3.8, 4) is 0 Å². The molecule has 0 unspecified atom stereocenters. The van der Waals surface area contributed by atoms with Crippen molar-refractivity contribution >= 4 is 0 Å². The average Bonchev–Trinajstić information content (AvgIpc) is 0.811. The van der Waals surface area contributed by atoms with Crippen molar-refractivity contribution in [2.24, 2.45) is 0 Å². The van der Waals surface area contributed by atoms with Crippen LogP contribution in [0.5, 0.6) is 0 Å². The van der Waals surface area contributed by atoms with Gasteiger partial charge in [0, 0.05) is 0 Å². The molecular formula is H5F4O3U. The Balaban J connectivity index is -0.00000000750. The first-order valence-corrected chi connectivity index (χ1v) is 5.89. The third-order valence-corrected chi connectivity index (χ3v) is 0. The molecule has 0 amide bonds. The molecule has 0 fully saturated rings. The second-order valence-electron chi connectivity index (χ2n) is 0.266. The van der Waals surface area contributed by atoms with E-state index in [0.717, 1.165) is 0 Å². The van der Waals surface area contributed by atoms with Crippen LogP contribution in [0.25, 0.3) is 0 Å². The minimum atomic E-state index is -4.23. The number of halogens is 4. The first-order chi connectivity index (χ1) is 1.73. The summed E-state index contributed by atoms with van der Waals surface area (Å²) in [7, 11) is 0. The van der Waals surface area contributed by atoms with Gasteiger partial charge in [-0.25, -0.2) is 0 Å². The van der Waals surface area contributed by atoms with Crippen LogP contribution in [0.4, 0.5) is 18.8 Å². The molecule has 0 aromatic carbocycles. The standard InChI is InChI=1S/4FH.H2O.2O.U/h4*1H;1H2;;;/q;;;;;;;+1/p-1. The van der Waals surface area contributed by atoms with Crippen LogP contribution in [0.2, 0.25) is 0 Å². The van der Waals surface area contributed by atoms with E-state index in [1.54, 1.807) is 0 Å². The Labute approximate surface area is 52.8 Å². The van der Waals surface area contributed by atoms with E-state index in [2.05, 4.69) is 0 Å². The van der Waals surface area contributed by atoms with Gasteiger partial charge in [0.15, 0.2) is 0 Å². The van der Waals surface area contributed by atoms with Crippen molar-refractivity contribution in [1.82, 2.24) is 0 Å². The molecule has 0 saturated carbocycles. The summed E-state index contributed by atoms with van der Waals surface area (Å²) in [6.45, 7) is 0. The van der Waals surface area contributed by atoms with E-state index in [9.17, 15) is 0 Å². The van der Waals surface area contributed by atoms with Crippen molar-refractivity contribution in [2.45, 2.75) is 0 Å². The first kappa shape index (κ1) is 40.3. The summed E-state index contributed by atoms with van der Waals surface area (Å²) in [5.74, 6) is 0. The van der Waals surface area contributed by atoms with Crippen molar-refractivity contribution in [1.29, 1.82) is 0 Å². The van der Waals surface area contributed by atoms with Crippen LogP contribution in [0.15, 0.2) is 0 Å². The van der Waals surface area contributed by atoms with E-state index in [1.807, 2.05) is 0 Å². The first-order valence-electron chi connectivity index (χ1n) is 0.632. The zero-order valence-electron chi connectivity index (χ0n) is 3.40. The summed E-state index contributed by atoms with van der Waals surface area (Å²) < 4.78 is 24.7. The average molecular weight is 367 g/mol. The topological polar surface area (TPSA) is 54.4 Å². The second kappa shape index (κ2) is 26.5. The Morgan fingerprint density at radius 2 is 0.875 bits per heavy atom. The fourth-order valence-corrected chi connectivity index (χ4v) is 0. The Morgan fingerprint density at radius 3 is 0.875 bits per heavy atom. The van der Waals surface area contributed by atoms with E-state index < -0.39 is 26.6 Å². The number of hydrogen-bond donors (Lipinski definition) is 1. The van der Waals surface area contributed by atoms with E-state index in [1.165, 1.54) is 0 Å². The Hall–Kier alpha value is 0.332. The van der Waals surface area contributed by atoms with Crippen LogP contribution in [0.1, 0.15) is 0 Å². The molecule has 0 saturated heterocycles. The fraction of sp³-hybridized carbons (Fsp3) is 0. The molecule has 8 heavy (non-hydrogen) atoms. The van der Waals surface area contributed by atoms with Crippen molar-refractivity contribution < 1.29 is 52.5 Å². The van der Waals surface area contributed by atoms with Gasteiger partial charge in [-0.15, -0.1) is 0 Å². The zero-order valence-corrected chi connectivity index (χ0v) is 7.56. The van der Waals surface area contributed by atoms with Crippen LogP contribution in [0.3, 0.4) is 0 Å². The van der Waals surface area contributed by atoms with Gasteiger partial charge in [-0.1, -0.05) is 0 Å². The summed E-state index contributed by atoms with van der Waals surface area (Å²) in [6, 6.07) is 0.